The minimum absolute atomic E-state index is 0.214. The Bertz CT molecular complexity index is 443. The third kappa shape index (κ3) is 2.21. The summed E-state index contributed by atoms with van der Waals surface area (Å²) in [5, 5.41) is 4.29. The average Bonchev–Trinajstić information content (AvgIpc) is 2.80. The van der Waals surface area contributed by atoms with E-state index in [0.29, 0.717) is 5.02 Å². The van der Waals surface area contributed by atoms with Crippen LogP contribution in [0.2, 0.25) is 5.02 Å². The first-order valence-corrected chi connectivity index (χ1v) is 7.01. The zero-order valence-corrected chi connectivity index (χ0v) is 11.1. The van der Waals surface area contributed by atoms with Gasteiger partial charge in [0.05, 0.1) is 10.7 Å². The lowest BCUT2D eigenvalue weighted by atomic mass is 9.94. The molecule has 1 aromatic rings. The first kappa shape index (κ1) is 12.2. The van der Waals surface area contributed by atoms with Crippen molar-refractivity contribution in [3.8, 4) is 0 Å². The Kier molecular flexibility index (Phi) is 3.20. The number of anilines is 1. The quantitative estimate of drug-likeness (QED) is 0.841. The Morgan fingerprint density at radius 2 is 2.06 bits per heavy atom. The van der Waals surface area contributed by atoms with Crippen LogP contribution in [0.15, 0.2) is 18.2 Å². The van der Waals surface area contributed by atoms with Crippen LogP contribution in [0.3, 0.4) is 0 Å². The zero-order chi connectivity index (χ0) is 12.6. The molecule has 18 heavy (non-hydrogen) atoms. The van der Waals surface area contributed by atoms with Gasteiger partial charge in [-0.05, 0) is 31.0 Å². The van der Waals surface area contributed by atoms with Gasteiger partial charge in [-0.3, -0.25) is 0 Å². The van der Waals surface area contributed by atoms with E-state index in [0.717, 1.165) is 25.3 Å². The average molecular weight is 269 g/mol. The fourth-order valence-electron chi connectivity index (χ4n) is 3.28. The molecule has 0 radical (unpaired) electrons. The normalized spacial score (nSPS) is 22.7. The topological polar surface area (TPSA) is 15.3 Å². The van der Waals surface area contributed by atoms with E-state index in [2.05, 4.69) is 10.2 Å². The standard InChI is InChI=1S/C14H18ClFN2/c15-12-4-3-11(16)9-13(12)18-8-7-17-14(10-18)5-1-2-6-14/h3-4,9,17H,1-2,5-8,10H2. The van der Waals surface area contributed by atoms with Crippen molar-refractivity contribution in [1.29, 1.82) is 0 Å². The van der Waals surface area contributed by atoms with Gasteiger partial charge < -0.3 is 10.2 Å². The van der Waals surface area contributed by atoms with E-state index in [-0.39, 0.29) is 11.4 Å². The minimum Gasteiger partial charge on any atom is -0.367 e. The van der Waals surface area contributed by atoms with Gasteiger partial charge in [0, 0.05) is 25.2 Å². The molecule has 4 heteroatoms. The summed E-state index contributed by atoms with van der Waals surface area (Å²) in [4.78, 5) is 2.23. The second-order valence-corrected chi connectivity index (χ2v) is 5.84. The lowest BCUT2D eigenvalue weighted by Crippen LogP contribution is -2.59. The van der Waals surface area contributed by atoms with Gasteiger partial charge in [-0.15, -0.1) is 0 Å². The molecule has 1 N–H and O–H groups in total. The highest BCUT2D eigenvalue weighted by atomic mass is 35.5. The monoisotopic (exact) mass is 268 g/mol. The van der Waals surface area contributed by atoms with E-state index in [1.165, 1.54) is 31.7 Å². The second kappa shape index (κ2) is 4.71. The predicted octanol–water partition coefficient (Wildman–Crippen LogP) is 3.20. The summed E-state index contributed by atoms with van der Waals surface area (Å²) in [7, 11) is 0. The zero-order valence-electron chi connectivity index (χ0n) is 10.4. The summed E-state index contributed by atoms with van der Waals surface area (Å²) < 4.78 is 13.4. The number of nitrogens with zero attached hydrogens (tertiary/aromatic N) is 1. The molecule has 3 rings (SSSR count). The van der Waals surface area contributed by atoms with Crippen LogP contribution in [0.1, 0.15) is 25.7 Å². The summed E-state index contributed by atoms with van der Waals surface area (Å²) in [6, 6.07) is 4.62. The van der Waals surface area contributed by atoms with Crippen molar-refractivity contribution in [2.45, 2.75) is 31.2 Å². The van der Waals surface area contributed by atoms with Gasteiger partial charge in [0.2, 0.25) is 0 Å². The Morgan fingerprint density at radius 3 is 2.83 bits per heavy atom. The second-order valence-electron chi connectivity index (χ2n) is 5.43. The molecule has 1 saturated heterocycles. The van der Waals surface area contributed by atoms with Crippen LogP contribution in [0.5, 0.6) is 0 Å². The van der Waals surface area contributed by atoms with E-state index in [4.69, 9.17) is 11.6 Å². The third-order valence-corrected chi connectivity index (χ3v) is 4.50. The number of piperazine rings is 1. The molecular weight excluding hydrogens is 251 g/mol. The highest BCUT2D eigenvalue weighted by molar-refractivity contribution is 6.33. The highest BCUT2D eigenvalue weighted by Crippen LogP contribution is 2.35. The number of nitrogens with one attached hydrogen (secondary N) is 1. The molecule has 0 amide bonds. The van der Waals surface area contributed by atoms with Gasteiger partial charge in [0.25, 0.3) is 0 Å². The smallest absolute Gasteiger partial charge is 0.125 e. The fourth-order valence-corrected chi connectivity index (χ4v) is 3.51. The van der Waals surface area contributed by atoms with Crippen LogP contribution in [0.25, 0.3) is 0 Å². The predicted molar refractivity (Wildman–Crippen MR) is 72.8 cm³/mol. The Labute approximate surface area is 112 Å². The van der Waals surface area contributed by atoms with Gasteiger partial charge in [0.1, 0.15) is 5.82 Å². The van der Waals surface area contributed by atoms with Crippen LogP contribution in [0.4, 0.5) is 10.1 Å². The first-order chi connectivity index (χ1) is 8.69. The molecule has 1 aromatic carbocycles. The summed E-state index contributed by atoms with van der Waals surface area (Å²) >= 11 is 6.20. The Hall–Kier alpha value is -0.800. The van der Waals surface area contributed by atoms with Crippen molar-refractivity contribution in [3.63, 3.8) is 0 Å². The summed E-state index contributed by atoms with van der Waals surface area (Å²) in [6.45, 7) is 2.79. The SMILES string of the molecule is Fc1ccc(Cl)c(N2CCNC3(CCCC3)C2)c1. The lowest BCUT2D eigenvalue weighted by molar-refractivity contribution is 0.304. The summed E-state index contributed by atoms with van der Waals surface area (Å²) in [5.74, 6) is -0.214. The van der Waals surface area contributed by atoms with Crippen LogP contribution < -0.4 is 10.2 Å². The maximum absolute atomic E-state index is 13.4. The summed E-state index contributed by atoms with van der Waals surface area (Å²) in [6.07, 6.45) is 5.02. The first-order valence-electron chi connectivity index (χ1n) is 6.64. The van der Waals surface area contributed by atoms with Gasteiger partial charge in [-0.2, -0.15) is 0 Å². The van der Waals surface area contributed by atoms with E-state index in [1.807, 2.05) is 0 Å². The maximum Gasteiger partial charge on any atom is 0.125 e. The van der Waals surface area contributed by atoms with Gasteiger partial charge in [-0.25, -0.2) is 4.39 Å². The number of rotatable bonds is 1. The van der Waals surface area contributed by atoms with Gasteiger partial charge in [-0.1, -0.05) is 24.4 Å². The molecule has 1 aliphatic heterocycles. The van der Waals surface area contributed by atoms with Crippen molar-refractivity contribution in [2.75, 3.05) is 24.5 Å². The molecule has 0 bridgehead atoms. The Balaban J connectivity index is 1.85. The molecule has 0 atom stereocenters. The molecule has 1 spiro atoms. The Morgan fingerprint density at radius 1 is 1.28 bits per heavy atom. The van der Waals surface area contributed by atoms with E-state index in [1.54, 1.807) is 12.1 Å². The van der Waals surface area contributed by atoms with Crippen LogP contribution in [-0.4, -0.2) is 25.2 Å². The molecule has 1 saturated carbocycles. The van der Waals surface area contributed by atoms with Crippen molar-refractivity contribution >= 4 is 17.3 Å². The number of halogens is 2. The molecule has 1 aliphatic carbocycles. The summed E-state index contributed by atoms with van der Waals surface area (Å²) in [5.41, 5.74) is 1.07. The fraction of sp³-hybridized carbons (Fsp3) is 0.571. The van der Waals surface area contributed by atoms with Gasteiger partial charge >= 0.3 is 0 Å². The molecule has 2 nitrogen and oxygen atoms in total. The molecule has 98 valence electrons. The number of hydrogen-bond acceptors (Lipinski definition) is 2. The number of benzene rings is 1. The van der Waals surface area contributed by atoms with E-state index in [9.17, 15) is 4.39 Å². The molecular formula is C14H18ClFN2. The molecule has 2 aliphatic rings. The van der Waals surface area contributed by atoms with Crippen LogP contribution in [0, 0.1) is 5.82 Å². The van der Waals surface area contributed by atoms with Crippen LogP contribution >= 0.6 is 11.6 Å². The minimum atomic E-state index is -0.214. The van der Waals surface area contributed by atoms with Crippen molar-refractivity contribution in [1.82, 2.24) is 5.32 Å². The third-order valence-electron chi connectivity index (χ3n) is 4.18. The number of hydrogen-bond donors (Lipinski definition) is 1. The molecule has 0 unspecified atom stereocenters. The van der Waals surface area contributed by atoms with Crippen molar-refractivity contribution in [2.24, 2.45) is 0 Å². The molecule has 1 heterocycles. The van der Waals surface area contributed by atoms with Crippen molar-refractivity contribution in [3.05, 3.63) is 29.0 Å². The largest absolute Gasteiger partial charge is 0.367 e. The highest BCUT2D eigenvalue weighted by Gasteiger charge is 2.38. The van der Waals surface area contributed by atoms with E-state index < -0.39 is 0 Å². The maximum atomic E-state index is 13.4. The van der Waals surface area contributed by atoms with Crippen LogP contribution in [-0.2, 0) is 0 Å². The molecule has 0 aromatic heterocycles. The molecule has 2 fully saturated rings. The van der Waals surface area contributed by atoms with E-state index >= 15 is 0 Å². The lowest BCUT2D eigenvalue weighted by Gasteiger charge is -2.43. The van der Waals surface area contributed by atoms with Crippen molar-refractivity contribution < 1.29 is 4.39 Å². The van der Waals surface area contributed by atoms with Gasteiger partial charge in [0.15, 0.2) is 0 Å².